The minimum atomic E-state index is -0.102. The molecule has 1 aliphatic carbocycles. The van der Waals surface area contributed by atoms with Crippen molar-refractivity contribution >= 4 is 17.5 Å². The highest BCUT2D eigenvalue weighted by Gasteiger charge is 2.30. The van der Waals surface area contributed by atoms with Gasteiger partial charge in [-0.05, 0) is 25.0 Å². The van der Waals surface area contributed by atoms with Gasteiger partial charge in [0.25, 0.3) is 5.91 Å². The number of carbonyl (C=O) groups is 2. The summed E-state index contributed by atoms with van der Waals surface area (Å²) in [7, 11) is 1.73. The zero-order valence-corrected chi connectivity index (χ0v) is 15.1. The van der Waals surface area contributed by atoms with Gasteiger partial charge in [0.1, 0.15) is 6.54 Å². The molecule has 1 saturated carbocycles. The third-order valence-electron chi connectivity index (χ3n) is 5.55. The first-order chi connectivity index (χ1) is 12.6. The molecule has 2 aliphatic rings. The molecule has 1 aliphatic heterocycles. The average Bonchev–Trinajstić information content (AvgIpc) is 3.12. The molecule has 6 nitrogen and oxygen atoms in total. The lowest BCUT2D eigenvalue weighted by Crippen LogP contribution is -2.38. The Morgan fingerprint density at radius 3 is 2.69 bits per heavy atom. The molecule has 0 bridgehead atoms. The largest absolute Gasteiger partial charge is 0.330 e. The lowest BCUT2D eigenvalue weighted by atomic mass is 9.95. The van der Waals surface area contributed by atoms with E-state index < -0.39 is 0 Å². The van der Waals surface area contributed by atoms with Gasteiger partial charge in [-0.15, -0.1) is 0 Å². The molecule has 1 aromatic heterocycles. The van der Waals surface area contributed by atoms with E-state index in [9.17, 15) is 9.59 Å². The van der Waals surface area contributed by atoms with Crippen molar-refractivity contribution in [2.75, 3.05) is 18.5 Å². The quantitative estimate of drug-likeness (QED) is 0.853. The molecule has 0 unspecified atom stereocenters. The van der Waals surface area contributed by atoms with Crippen LogP contribution in [0.5, 0.6) is 0 Å². The van der Waals surface area contributed by atoms with Crippen molar-refractivity contribution in [2.24, 2.45) is 0 Å². The molecule has 2 heterocycles. The van der Waals surface area contributed by atoms with E-state index in [1.165, 1.54) is 19.3 Å². The highest BCUT2D eigenvalue weighted by molar-refractivity contribution is 6.09. The van der Waals surface area contributed by atoms with Gasteiger partial charge in [-0.1, -0.05) is 31.4 Å². The number of anilines is 1. The summed E-state index contributed by atoms with van der Waals surface area (Å²) >= 11 is 0. The lowest BCUT2D eigenvalue weighted by Gasteiger charge is -2.27. The number of imidazole rings is 1. The van der Waals surface area contributed by atoms with Crippen molar-refractivity contribution in [1.29, 1.82) is 0 Å². The maximum Gasteiger partial charge on any atom is 0.256 e. The van der Waals surface area contributed by atoms with Crippen LogP contribution in [0.4, 0.5) is 5.69 Å². The van der Waals surface area contributed by atoms with Crippen molar-refractivity contribution < 1.29 is 9.59 Å². The van der Waals surface area contributed by atoms with E-state index in [0.29, 0.717) is 23.8 Å². The van der Waals surface area contributed by atoms with Crippen molar-refractivity contribution in [3.8, 4) is 0 Å². The minimum absolute atomic E-state index is 0.0768. The molecule has 0 N–H and O–H groups in total. The van der Waals surface area contributed by atoms with Crippen LogP contribution >= 0.6 is 0 Å². The van der Waals surface area contributed by atoms with Gasteiger partial charge in [0, 0.05) is 19.3 Å². The number of aromatic nitrogens is 2. The SMILES string of the molecule is CN1C(=O)CN(Cc2cncn2C2CCCCC2)C(=O)c2ccccc21. The molecule has 2 amide bonds. The van der Waals surface area contributed by atoms with E-state index in [-0.39, 0.29) is 18.4 Å². The fourth-order valence-corrected chi connectivity index (χ4v) is 4.06. The highest BCUT2D eigenvalue weighted by atomic mass is 16.2. The maximum absolute atomic E-state index is 13.1. The van der Waals surface area contributed by atoms with Crippen LogP contribution in [0, 0.1) is 0 Å². The van der Waals surface area contributed by atoms with Crippen LogP contribution in [-0.2, 0) is 11.3 Å². The summed E-state index contributed by atoms with van der Waals surface area (Å²) in [6, 6.07) is 7.75. The van der Waals surface area contributed by atoms with Gasteiger partial charge >= 0.3 is 0 Å². The molecule has 1 fully saturated rings. The Balaban J connectivity index is 1.62. The number of hydrogen-bond acceptors (Lipinski definition) is 3. The summed E-state index contributed by atoms with van der Waals surface area (Å²) in [5, 5.41) is 0. The number of para-hydroxylation sites is 1. The first-order valence-corrected chi connectivity index (χ1v) is 9.30. The molecule has 0 radical (unpaired) electrons. The summed E-state index contributed by atoms with van der Waals surface area (Å²) in [4.78, 5) is 33.2. The zero-order chi connectivity index (χ0) is 18.1. The van der Waals surface area contributed by atoms with Gasteiger partial charge in [0.15, 0.2) is 0 Å². The minimum Gasteiger partial charge on any atom is -0.330 e. The first kappa shape index (κ1) is 16.8. The smallest absolute Gasteiger partial charge is 0.256 e. The Morgan fingerprint density at radius 1 is 1.12 bits per heavy atom. The summed E-state index contributed by atoms with van der Waals surface area (Å²) in [5.41, 5.74) is 2.25. The first-order valence-electron chi connectivity index (χ1n) is 9.30. The lowest BCUT2D eigenvalue weighted by molar-refractivity contribution is -0.119. The molecule has 4 rings (SSSR count). The van der Waals surface area contributed by atoms with Crippen molar-refractivity contribution in [1.82, 2.24) is 14.5 Å². The van der Waals surface area contributed by atoms with Crippen molar-refractivity contribution in [2.45, 2.75) is 44.7 Å². The Hall–Kier alpha value is -2.63. The molecular weight excluding hydrogens is 328 g/mol. The predicted molar refractivity (Wildman–Crippen MR) is 98.9 cm³/mol. The normalized spacial score (nSPS) is 18.8. The van der Waals surface area contributed by atoms with Crippen LogP contribution in [-0.4, -0.2) is 39.9 Å². The van der Waals surface area contributed by atoms with E-state index >= 15 is 0 Å². The molecule has 0 spiro atoms. The van der Waals surface area contributed by atoms with Crippen LogP contribution in [0.25, 0.3) is 0 Å². The Morgan fingerprint density at radius 2 is 1.88 bits per heavy atom. The molecule has 6 heteroatoms. The van der Waals surface area contributed by atoms with Gasteiger partial charge in [-0.3, -0.25) is 9.59 Å². The third-order valence-corrected chi connectivity index (χ3v) is 5.55. The van der Waals surface area contributed by atoms with E-state index in [4.69, 9.17) is 0 Å². The molecular formula is C20H24N4O2. The summed E-state index contributed by atoms with van der Waals surface area (Å²) < 4.78 is 2.21. The number of likely N-dealkylation sites (N-methyl/N-ethyl adjacent to an activating group) is 1. The molecule has 1 aromatic carbocycles. The number of hydrogen-bond donors (Lipinski definition) is 0. The molecule has 136 valence electrons. The number of nitrogens with zero attached hydrogens (tertiary/aromatic N) is 4. The van der Waals surface area contributed by atoms with Crippen LogP contribution in [0.2, 0.25) is 0 Å². The second-order valence-corrected chi connectivity index (χ2v) is 7.22. The Bertz CT molecular complexity index is 823. The van der Waals surface area contributed by atoms with E-state index in [1.54, 1.807) is 22.9 Å². The third kappa shape index (κ3) is 3.00. The predicted octanol–water partition coefficient (Wildman–Crippen LogP) is 3.01. The number of fused-ring (bicyclic) bond motifs is 1. The van der Waals surface area contributed by atoms with Crippen LogP contribution in [0.3, 0.4) is 0 Å². The Labute approximate surface area is 153 Å². The number of carbonyl (C=O) groups excluding carboxylic acids is 2. The van der Waals surface area contributed by atoms with Gasteiger partial charge in [0.05, 0.1) is 29.8 Å². The summed E-state index contributed by atoms with van der Waals surface area (Å²) in [5.74, 6) is -0.179. The standard InChI is InChI=1S/C20H24N4O2/c1-22-18-10-6-5-9-17(18)20(26)23(13-19(22)25)12-16-11-21-14-24(16)15-7-3-2-4-8-15/h5-6,9-11,14-15H,2-4,7-8,12-13H2,1H3. The van der Waals surface area contributed by atoms with Gasteiger partial charge < -0.3 is 14.4 Å². The van der Waals surface area contributed by atoms with E-state index in [1.807, 2.05) is 30.7 Å². The van der Waals surface area contributed by atoms with Gasteiger partial charge in [-0.25, -0.2) is 4.98 Å². The second kappa shape index (κ2) is 6.94. The Kier molecular flexibility index (Phi) is 4.49. The molecule has 0 saturated heterocycles. The van der Waals surface area contributed by atoms with Crippen molar-refractivity contribution in [3.05, 3.63) is 48.0 Å². The van der Waals surface area contributed by atoms with E-state index in [2.05, 4.69) is 9.55 Å². The monoisotopic (exact) mass is 352 g/mol. The maximum atomic E-state index is 13.1. The van der Waals surface area contributed by atoms with Gasteiger partial charge in [-0.2, -0.15) is 0 Å². The van der Waals surface area contributed by atoms with Crippen LogP contribution in [0.1, 0.15) is 54.2 Å². The number of benzene rings is 1. The average molecular weight is 352 g/mol. The highest BCUT2D eigenvalue weighted by Crippen LogP contribution is 2.30. The second-order valence-electron chi connectivity index (χ2n) is 7.22. The van der Waals surface area contributed by atoms with Crippen LogP contribution < -0.4 is 4.90 Å². The van der Waals surface area contributed by atoms with Crippen molar-refractivity contribution in [3.63, 3.8) is 0 Å². The van der Waals surface area contributed by atoms with E-state index in [0.717, 1.165) is 18.5 Å². The molecule has 26 heavy (non-hydrogen) atoms. The summed E-state index contributed by atoms with van der Waals surface area (Å²) in [6.07, 6.45) is 9.78. The number of amides is 2. The fourth-order valence-electron chi connectivity index (χ4n) is 4.06. The zero-order valence-electron chi connectivity index (χ0n) is 15.1. The summed E-state index contributed by atoms with van der Waals surface area (Å²) in [6.45, 7) is 0.489. The molecule has 2 aromatic rings. The fraction of sp³-hybridized carbons (Fsp3) is 0.450. The molecule has 0 atom stereocenters. The number of rotatable bonds is 3. The topological polar surface area (TPSA) is 58.4 Å². The van der Waals surface area contributed by atoms with Gasteiger partial charge in [0.2, 0.25) is 5.91 Å². The van der Waals surface area contributed by atoms with Crippen LogP contribution in [0.15, 0.2) is 36.8 Å².